The Morgan fingerprint density at radius 1 is 0.933 bits per heavy atom. The summed E-state index contributed by atoms with van der Waals surface area (Å²) < 4.78 is 5.59. The van der Waals surface area contributed by atoms with Gasteiger partial charge in [0.2, 0.25) is 0 Å². The predicted octanol–water partition coefficient (Wildman–Crippen LogP) is 5.79. The largest absolute Gasteiger partial charge is 0.496 e. The molecule has 2 aromatic carbocycles. The summed E-state index contributed by atoms with van der Waals surface area (Å²) in [5, 5.41) is 8.06. The summed E-state index contributed by atoms with van der Waals surface area (Å²) in [4.78, 5) is 9.34. The Hall–Kier alpha value is -3.60. The van der Waals surface area contributed by atoms with Gasteiger partial charge in [0.05, 0.1) is 18.7 Å². The van der Waals surface area contributed by atoms with Crippen LogP contribution in [0.1, 0.15) is 29.3 Å². The van der Waals surface area contributed by atoms with E-state index in [4.69, 9.17) is 9.72 Å². The number of hydrogen-bond donors (Lipinski definition) is 2. The monoisotopic (exact) mass is 396 g/mol. The molecule has 0 saturated heterocycles. The molecular formula is C25H24N4O. The van der Waals surface area contributed by atoms with Crippen molar-refractivity contribution < 1.29 is 4.74 Å². The number of hydrogen-bond acceptors (Lipinski definition) is 5. The van der Waals surface area contributed by atoms with Crippen LogP contribution in [-0.2, 0) is 6.42 Å². The van der Waals surface area contributed by atoms with E-state index in [1.54, 1.807) is 7.11 Å². The maximum absolute atomic E-state index is 5.59. The summed E-state index contributed by atoms with van der Waals surface area (Å²) in [7, 11) is 1.73. The maximum Gasteiger partial charge on any atom is 0.130 e. The molecule has 5 heteroatoms. The van der Waals surface area contributed by atoms with Crippen molar-refractivity contribution in [1.82, 2.24) is 9.97 Å². The first-order chi connectivity index (χ1) is 14.7. The van der Waals surface area contributed by atoms with E-state index < -0.39 is 0 Å². The number of nitrogens with zero attached hydrogens (tertiary/aromatic N) is 2. The molecule has 1 aliphatic rings. The summed E-state index contributed by atoms with van der Waals surface area (Å²) >= 11 is 0. The smallest absolute Gasteiger partial charge is 0.130 e. The molecule has 30 heavy (non-hydrogen) atoms. The van der Waals surface area contributed by atoms with Crippen molar-refractivity contribution in [2.75, 3.05) is 17.7 Å². The van der Waals surface area contributed by atoms with E-state index >= 15 is 0 Å². The van der Waals surface area contributed by atoms with Crippen LogP contribution in [0.4, 0.5) is 17.3 Å². The predicted molar refractivity (Wildman–Crippen MR) is 122 cm³/mol. The molecule has 1 atom stereocenters. The number of methoxy groups -OCH3 is 1. The molecule has 0 aliphatic heterocycles. The first kappa shape index (κ1) is 18.4. The van der Waals surface area contributed by atoms with Crippen molar-refractivity contribution >= 4 is 28.2 Å². The normalized spacial score (nSPS) is 15.1. The van der Waals surface area contributed by atoms with Gasteiger partial charge in [0, 0.05) is 22.3 Å². The van der Waals surface area contributed by atoms with Crippen LogP contribution < -0.4 is 15.4 Å². The van der Waals surface area contributed by atoms with E-state index in [0.717, 1.165) is 52.5 Å². The fourth-order valence-corrected chi connectivity index (χ4v) is 4.19. The van der Waals surface area contributed by atoms with Crippen LogP contribution in [0.3, 0.4) is 0 Å². The second-order valence-corrected chi connectivity index (χ2v) is 7.66. The molecule has 1 unspecified atom stereocenters. The Kier molecular flexibility index (Phi) is 4.71. The molecule has 0 bridgehead atoms. The van der Waals surface area contributed by atoms with Gasteiger partial charge >= 0.3 is 0 Å². The molecule has 0 amide bonds. The number of ether oxygens (including phenoxy) is 1. The summed E-state index contributed by atoms with van der Waals surface area (Å²) in [6, 6.07) is 22.8. The zero-order chi connectivity index (χ0) is 20.5. The van der Waals surface area contributed by atoms with Gasteiger partial charge in [-0.15, -0.1) is 0 Å². The number of fused-ring (bicyclic) bond motifs is 2. The third-order valence-corrected chi connectivity index (χ3v) is 5.60. The van der Waals surface area contributed by atoms with Gasteiger partial charge in [-0.1, -0.05) is 18.2 Å². The van der Waals surface area contributed by atoms with Crippen LogP contribution in [0.25, 0.3) is 10.9 Å². The maximum atomic E-state index is 5.59. The Balaban J connectivity index is 1.38. The van der Waals surface area contributed by atoms with E-state index in [1.165, 1.54) is 11.1 Å². The van der Waals surface area contributed by atoms with Crippen molar-refractivity contribution in [2.45, 2.75) is 25.8 Å². The zero-order valence-corrected chi connectivity index (χ0v) is 17.1. The van der Waals surface area contributed by atoms with Crippen molar-refractivity contribution in [3.8, 4) is 5.75 Å². The molecule has 2 N–H and O–H groups in total. The van der Waals surface area contributed by atoms with Crippen LogP contribution in [0.15, 0.2) is 66.7 Å². The highest BCUT2D eigenvalue weighted by atomic mass is 16.5. The molecular weight excluding hydrogens is 372 g/mol. The molecule has 5 rings (SSSR count). The van der Waals surface area contributed by atoms with Gasteiger partial charge in [0.15, 0.2) is 0 Å². The second kappa shape index (κ2) is 7.67. The fraction of sp³-hybridized carbons (Fsp3) is 0.200. The summed E-state index contributed by atoms with van der Waals surface area (Å²) in [5.41, 5.74) is 5.56. The third-order valence-electron chi connectivity index (χ3n) is 5.60. The van der Waals surface area contributed by atoms with Crippen LogP contribution in [-0.4, -0.2) is 17.1 Å². The molecule has 1 aliphatic carbocycles. The Morgan fingerprint density at radius 2 is 1.83 bits per heavy atom. The quantitative estimate of drug-likeness (QED) is 0.447. The molecule has 0 spiro atoms. The first-order valence-corrected chi connectivity index (χ1v) is 10.2. The number of anilines is 3. The SMILES string of the molecule is COc1cccc2c1C(Nc1ccc3cc(Nc4cccc(C)n4)ccc3n1)CC2. The molecule has 150 valence electrons. The number of aromatic nitrogens is 2. The van der Waals surface area contributed by atoms with Crippen LogP contribution >= 0.6 is 0 Å². The van der Waals surface area contributed by atoms with Gasteiger partial charge in [0.25, 0.3) is 0 Å². The van der Waals surface area contributed by atoms with Gasteiger partial charge in [-0.2, -0.15) is 0 Å². The van der Waals surface area contributed by atoms with Crippen molar-refractivity contribution in [2.24, 2.45) is 0 Å². The average molecular weight is 396 g/mol. The minimum Gasteiger partial charge on any atom is -0.496 e. The third kappa shape index (κ3) is 3.54. The highest BCUT2D eigenvalue weighted by Gasteiger charge is 2.26. The summed E-state index contributed by atoms with van der Waals surface area (Å²) in [5.74, 6) is 2.67. The molecule has 5 nitrogen and oxygen atoms in total. The van der Waals surface area contributed by atoms with E-state index in [2.05, 4.69) is 39.9 Å². The van der Waals surface area contributed by atoms with Crippen LogP contribution in [0.2, 0.25) is 0 Å². The lowest BCUT2D eigenvalue weighted by molar-refractivity contribution is 0.408. The topological polar surface area (TPSA) is 59.1 Å². The lowest BCUT2D eigenvalue weighted by Crippen LogP contribution is -2.09. The van der Waals surface area contributed by atoms with Crippen LogP contribution in [0.5, 0.6) is 5.75 Å². The van der Waals surface area contributed by atoms with E-state index in [-0.39, 0.29) is 6.04 Å². The van der Waals surface area contributed by atoms with E-state index in [0.29, 0.717) is 0 Å². The molecule has 2 aromatic heterocycles. The minimum absolute atomic E-state index is 0.217. The summed E-state index contributed by atoms with van der Waals surface area (Å²) in [6.45, 7) is 1.99. The lowest BCUT2D eigenvalue weighted by atomic mass is 10.1. The van der Waals surface area contributed by atoms with E-state index in [9.17, 15) is 0 Å². The van der Waals surface area contributed by atoms with Crippen molar-refractivity contribution in [3.05, 3.63) is 83.6 Å². The van der Waals surface area contributed by atoms with Gasteiger partial charge in [-0.25, -0.2) is 9.97 Å². The number of rotatable bonds is 5. The minimum atomic E-state index is 0.217. The first-order valence-electron chi connectivity index (χ1n) is 10.2. The molecule has 2 heterocycles. The Labute approximate surface area is 176 Å². The molecule has 0 fully saturated rings. The highest BCUT2D eigenvalue weighted by molar-refractivity contribution is 5.84. The molecule has 0 saturated carbocycles. The van der Waals surface area contributed by atoms with Gasteiger partial charge in [-0.05, 0) is 73.9 Å². The number of nitrogens with one attached hydrogen (secondary N) is 2. The average Bonchev–Trinajstić information content (AvgIpc) is 3.17. The Bertz CT molecular complexity index is 1220. The van der Waals surface area contributed by atoms with Gasteiger partial charge in [0.1, 0.15) is 17.4 Å². The van der Waals surface area contributed by atoms with Gasteiger partial charge in [-0.3, -0.25) is 0 Å². The van der Waals surface area contributed by atoms with Gasteiger partial charge < -0.3 is 15.4 Å². The number of benzene rings is 2. The highest BCUT2D eigenvalue weighted by Crippen LogP contribution is 2.39. The van der Waals surface area contributed by atoms with Crippen LogP contribution in [0, 0.1) is 6.92 Å². The second-order valence-electron chi connectivity index (χ2n) is 7.66. The van der Waals surface area contributed by atoms with Crippen molar-refractivity contribution in [3.63, 3.8) is 0 Å². The van der Waals surface area contributed by atoms with E-state index in [1.807, 2.05) is 49.4 Å². The Morgan fingerprint density at radius 3 is 2.70 bits per heavy atom. The van der Waals surface area contributed by atoms with Crippen molar-refractivity contribution in [1.29, 1.82) is 0 Å². The number of aryl methyl sites for hydroxylation is 2. The zero-order valence-electron chi connectivity index (χ0n) is 17.1. The standard InChI is InChI=1S/C25H24N4O/c1-16-5-3-8-23(26-16)27-19-11-13-20-18(15-19)10-14-24(28-20)29-21-12-9-17-6-4-7-22(30-2)25(17)21/h3-8,10-11,13-15,21H,9,12H2,1-2H3,(H,26,27)(H,28,29). The molecule has 0 radical (unpaired) electrons. The molecule has 4 aromatic rings. The summed E-state index contributed by atoms with van der Waals surface area (Å²) in [6.07, 6.45) is 2.10. The number of pyridine rings is 2. The fourth-order valence-electron chi connectivity index (χ4n) is 4.19. The lowest BCUT2D eigenvalue weighted by Gasteiger charge is -2.18.